The number of aromatic amines is 1. The van der Waals surface area contributed by atoms with E-state index in [4.69, 9.17) is 0 Å². The minimum atomic E-state index is -4.34. The van der Waals surface area contributed by atoms with Gasteiger partial charge in [0.25, 0.3) is 0 Å². The first kappa shape index (κ1) is 16.8. The van der Waals surface area contributed by atoms with Crippen LogP contribution in [0, 0.1) is 5.82 Å². The summed E-state index contributed by atoms with van der Waals surface area (Å²) in [4.78, 5) is 7.49. The molecule has 0 aliphatic rings. The van der Waals surface area contributed by atoms with Crippen molar-refractivity contribution in [2.75, 3.05) is 5.75 Å². The molecule has 0 aliphatic carbocycles. The Morgan fingerprint density at radius 1 is 1.08 bits per heavy atom. The lowest BCUT2D eigenvalue weighted by Gasteiger charge is -2.13. The van der Waals surface area contributed by atoms with E-state index in [2.05, 4.69) is 22.6 Å². The summed E-state index contributed by atoms with van der Waals surface area (Å²) in [5, 5.41) is 0. The molecule has 0 aliphatic heterocycles. The molecule has 2 nitrogen and oxygen atoms in total. The monoisotopic (exact) mass is 354 g/mol. The van der Waals surface area contributed by atoms with E-state index < -0.39 is 11.7 Å². The first-order valence-corrected chi connectivity index (χ1v) is 7.92. The van der Waals surface area contributed by atoms with Crippen LogP contribution in [-0.2, 0) is 12.6 Å². The Labute approximate surface area is 141 Å². The molecule has 0 amide bonds. The lowest BCUT2D eigenvalue weighted by atomic mass is 9.99. The summed E-state index contributed by atoms with van der Waals surface area (Å²) in [6.07, 6.45) is -3.85. The zero-order chi connectivity index (χ0) is 17.3. The van der Waals surface area contributed by atoms with Crippen molar-refractivity contribution in [2.45, 2.75) is 18.5 Å². The maximum absolute atomic E-state index is 13.3. The molecule has 0 bridgehead atoms. The predicted octanol–water partition coefficient (Wildman–Crippen LogP) is 4.98. The van der Waals surface area contributed by atoms with Gasteiger partial charge in [-0.2, -0.15) is 25.8 Å². The Hall–Kier alpha value is -2.02. The Kier molecular flexibility index (Phi) is 4.54. The molecule has 0 saturated heterocycles. The summed E-state index contributed by atoms with van der Waals surface area (Å²) in [7, 11) is 0. The first-order chi connectivity index (χ1) is 11.4. The number of imidazole rings is 1. The maximum atomic E-state index is 13.3. The van der Waals surface area contributed by atoms with Crippen molar-refractivity contribution in [3.63, 3.8) is 0 Å². The summed E-state index contributed by atoms with van der Waals surface area (Å²) >= 11 is 4.31. The largest absolute Gasteiger partial charge is 0.416 e. The number of H-pyrrole nitrogens is 1. The van der Waals surface area contributed by atoms with Crippen molar-refractivity contribution in [2.24, 2.45) is 0 Å². The van der Waals surface area contributed by atoms with E-state index in [1.54, 1.807) is 6.07 Å². The number of nitrogens with one attached hydrogen (secondary N) is 1. The minimum Gasteiger partial charge on any atom is -0.342 e. The number of rotatable bonds is 4. The Bertz CT molecular complexity index is 840. The first-order valence-electron chi connectivity index (χ1n) is 7.29. The highest BCUT2D eigenvalue weighted by Gasteiger charge is 2.30. The highest BCUT2D eigenvalue weighted by Crippen LogP contribution is 2.30. The van der Waals surface area contributed by atoms with E-state index in [0.29, 0.717) is 29.0 Å². The van der Waals surface area contributed by atoms with E-state index >= 15 is 0 Å². The van der Waals surface area contributed by atoms with Crippen molar-refractivity contribution in [1.29, 1.82) is 0 Å². The van der Waals surface area contributed by atoms with Gasteiger partial charge in [0.2, 0.25) is 0 Å². The van der Waals surface area contributed by atoms with Crippen LogP contribution in [0.5, 0.6) is 0 Å². The van der Waals surface area contributed by atoms with Gasteiger partial charge in [-0.1, -0.05) is 12.1 Å². The molecule has 0 spiro atoms. The summed E-state index contributed by atoms with van der Waals surface area (Å²) in [6, 6.07) is 9.33. The van der Waals surface area contributed by atoms with Crippen LogP contribution in [0.3, 0.4) is 0 Å². The molecule has 2 aromatic carbocycles. The zero-order valence-electron chi connectivity index (χ0n) is 12.4. The van der Waals surface area contributed by atoms with Crippen LogP contribution in [0.25, 0.3) is 11.0 Å². The second kappa shape index (κ2) is 6.47. The molecule has 126 valence electrons. The second-order valence-corrected chi connectivity index (χ2v) is 5.93. The highest BCUT2D eigenvalue weighted by molar-refractivity contribution is 7.80. The number of aromatic nitrogens is 2. The number of thiol groups is 1. The van der Waals surface area contributed by atoms with Gasteiger partial charge < -0.3 is 4.98 Å². The van der Waals surface area contributed by atoms with Gasteiger partial charge in [0.15, 0.2) is 0 Å². The van der Waals surface area contributed by atoms with Crippen LogP contribution in [0.1, 0.15) is 22.9 Å². The third-order valence-corrected chi connectivity index (χ3v) is 4.27. The van der Waals surface area contributed by atoms with Gasteiger partial charge in [-0.15, -0.1) is 0 Å². The molecule has 24 heavy (non-hydrogen) atoms. The van der Waals surface area contributed by atoms with E-state index in [-0.39, 0.29) is 11.7 Å². The Morgan fingerprint density at radius 2 is 1.79 bits per heavy atom. The fourth-order valence-corrected chi connectivity index (χ4v) is 2.86. The number of hydrogen-bond acceptors (Lipinski definition) is 2. The van der Waals surface area contributed by atoms with Crippen molar-refractivity contribution in [3.05, 3.63) is 65.2 Å². The van der Waals surface area contributed by atoms with Gasteiger partial charge in [0.05, 0.1) is 16.6 Å². The van der Waals surface area contributed by atoms with Gasteiger partial charge in [-0.3, -0.25) is 0 Å². The summed E-state index contributed by atoms with van der Waals surface area (Å²) in [6.45, 7) is 0. The quantitative estimate of drug-likeness (QED) is 0.502. The van der Waals surface area contributed by atoms with Crippen LogP contribution in [0.4, 0.5) is 17.6 Å². The number of hydrogen-bond donors (Lipinski definition) is 2. The summed E-state index contributed by atoms with van der Waals surface area (Å²) < 4.78 is 51.1. The van der Waals surface area contributed by atoms with Crippen molar-refractivity contribution in [1.82, 2.24) is 9.97 Å². The van der Waals surface area contributed by atoms with E-state index in [9.17, 15) is 17.6 Å². The molecular weight excluding hydrogens is 340 g/mol. The van der Waals surface area contributed by atoms with Crippen molar-refractivity contribution < 1.29 is 17.6 Å². The van der Waals surface area contributed by atoms with Crippen LogP contribution >= 0.6 is 12.6 Å². The molecule has 1 atom stereocenters. The van der Waals surface area contributed by atoms with Gasteiger partial charge in [0.1, 0.15) is 11.6 Å². The number of nitrogens with zero attached hydrogens (tertiary/aromatic N) is 1. The predicted molar refractivity (Wildman–Crippen MR) is 87.8 cm³/mol. The molecule has 0 unspecified atom stereocenters. The van der Waals surface area contributed by atoms with Crippen LogP contribution < -0.4 is 0 Å². The van der Waals surface area contributed by atoms with Gasteiger partial charge in [-0.25, -0.2) is 9.37 Å². The molecule has 1 N–H and O–H groups in total. The number of fused-ring (bicyclic) bond motifs is 1. The number of halogens is 4. The Balaban J connectivity index is 1.83. The standard InChI is InChI=1S/C17H14F4N2S/c18-13-5-6-14-15(8-13)23-16(22-14)11(9-24)7-10-1-3-12(4-2-10)17(19,20)21/h1-6,8,11,24H,7,9H2,(H,22,23)/t11-/m1/s1. The SMILES string of the molecule is Fc1ccc2nc([C@@H](CS)Cc3ccc(C(F)(F)F)cc3)[nH]c2c1. The third-order valence-electron chi connectivity index (χ3n) is 3.83. The third kappa shape index (κ3) is 3.56. The number of alkyl halides is 3. The molecule has 0 saturated carbocycles. The van der Waals surface area contributed by atoms with Crippen LogP contribution in [-0.4, -0.2) is 15.7 Å². The van der Waals surface area contributed by atoms with Crippen LogP contribution in [0.15, 0.2) is 42.5 Å². The fraction of sp³-hybridized carbons (Fsp3) is 0.235. The average molecular weight is 354 g/mol. The van der Waals surface area contributed by atoms with Gasteiger partial charge in [-0.05, 0) is 42.3 Å². The second-order valence-electron chi connectivity index (χ2n) is 5.56. The topological polar surface area (TPSA) is 28.7 Å². The lowest BCUT2D eigenvalue weighted by molar-refractivity contribution is -0.137. The van der Waals surface area contributed by atoms with E-state index in [1.807, 2.05) is 0 Å². The fourth-order valence-electron chi connectivity index (χ4n) is 2.56. The summed E-state index contributed by atoms with van der Waals surface area (Å²) in [5.74, 6) is 0.637. The normalized spacial score (nSPS) is 13.4. The smallest absolute Gasteiger partial charge is 0.342 e. The lowest BCUT2D eigenvalue weighted by Crippen LogP contribution is -2.08. The summed E-state index contributed by atoms with van der Waals surface area (Å²) in [5.41, 5.74) is 1.32. The van der Waals surface area contributed by atoms with Crippen LogP contribution in [0.2, 0.25) is 0 Å². The van der Waals surface area contributed by atoms with Gasteiger partial charge >= 0.3 is 6.18 Å². The molecule has 1 aromatic heterocycles. The molecule has 3 aromatic rings. The minimum absolute atomic E-state index is 0.111. The molecule has 1 heterocycles. The number of benzene rings is 2. The molecule has 7 heteroatoms. The van der Waals surface area contributed by atoms with E-state index in [0.717, 1.165) is 17.7 Å². The molecule has 0 radical (unpaired) electrons. The molecule has 3 rings (SSSR count). The average Bonchev–Trinajstić information content (AvgIpc) is 2.95. The maximum Gasteiger partial charge on any atom is 0.416 e. The molecule has 0 fully saturated rings. The Morgan fingerprint density at radius 3 is 2.42 bits per heavy atom. The van der Waals surface area contributed by atoms with Gasteiger partial charge in [0, 0.05) is 11.7 Å². The van der Waals surface area contributed by atoms with E-state index in [1.165, 1.54) is 24.3 Å². The molecular formula is C17H14F4N2S. The highest BCUT2D eigenvalue weighted by atomic mass is 32.1. The zero-order valence-corrected chi connectivity index (χ0v) is 13.3. The van der Waals surface area contributed by atoms with Crippen molar-refractivity contribution in [3.8, 4) is 0 Å². The van der Waals surface area contributed by atoms with Crippen molar-refractivity contribution >= 4 is 23.7 Å².